The second kappa shape index (κ2) is 4.80. The van der Waals surface area contributed by atoms with Crippen LogP contribution in [0.5, 0.6) is 0 Å². The summed E-state index contributed by atoms with van der Waals surface area (Å²) in [5, 5.41) is 1.29. The lowest BCUT2D eigenvalue weighted by atomic mass is 10.1. The van der Waals surface area contributed by atoms with Gasteiger partial charge in [-0.3, -0.25) is 0 Å². The minimum atomic E-state index is 0.507. The number of fused-ring (bicyclic) bond motifs is 1. The summed E-state index contributed by atoms with van der Waals surface area (Å²) in [5.41, 5.74) is 9.40. The van der Waals surface area contributed by atoms with Crippen molar-refractivity contribution in [1.82, 2.24) is 4.98 Å². The largest absolute Gasteiger partial charge is 0.372 e. The first kappa shape index (κ1) is 12.0. The van der Waals surface area contributed by atoms with Gasteiger partial charge in [-0.1, -0.05) is 25.1 Å². The first-order valence-electron chi connectivity index (χ1n) is 6.12. The predicted molar refractivity (Wildman–Crippen MR) is 74.5 cm³/mol. The molecule has 0 aliphatic rings. The number of hydrogen-bond acceptors (Lipinski definition) is 2. The Bertz CT molecular complexity index is 501. The van der Waals surface area contributed by atoms with Crippen molar-refractivity contribution in [3.63, 3.8) is 0 Å². The van der Waals surface area contributed by atoms with Crippen molar-refractivity contribution in [2.75, 3.05) is 25.0 Å². The standard InChI is InChI=1S/C14H21N3/c1-10(8-15)9-17(3)14-11(2)16-13-7-5-4-6-12(13)14/h4-7,10,16H,8-9,15H2,1-3H3. The second-order valence-electron chi connectivity index (χ2n) is 4.87. The van der Waals surface area contributed by atoms with E-state index in [-0.39, 0.29) is 0 Å². The molecular weight excluding hydrogens is 210 g/mol. The van der Waals surface area contributed by atoms with Crippen LogP contribution in [0.1, 0.15) is 12.6 Å². The molecule has 1 aromatic carbocycles. The molecule has 1 unspecified atom stereocenters. The average Bonchev–Trinajstić information content (AvgIpc) is 2.64. The van der Waals surface area contributed by atoms with Gasteiger partial charge in [0.25, 0.3) is 0 Å². The maximum absolute atomic E-state index is 5.69. The van der Waals surface area contributed by atoms with Gasteiger partial charge in [-0.15, -0.1) is 0 Å². The molecule has 0 amide bonds. The summed E-state index contributed by atoms with van der Waals surface area (Å²) in [7, 11) is 2.13. The lowest BCUT2D eigenvalue weighted by Crippen LogP contribution is -2.28. The monoisotopic (exact) mass is 231 g/mol. The van der Waals surface area contributed by atoms with Crippen LogP contribution in [-0.4, -0.2) is 25.1 Å². The Hall–Kier alpha value is -1.48. The molecule has 2 rings (SSSR count). The van der Waals surface area contributed by atoms with Gasteiger partial charge in [0.1, 0.15) is 0 Å². The summed E-state index contributed by atoms with van der Waals surface area (Å²) < 4.78 is 0. The van der Waals surface area contributed by atoms with E-state index in [4.69, 9.17) is 5.73 Å². The molecule has 3 nitrogen and oxygen atoms in total. The highest BCUT2D eigenvalue weighted by Gasteiger charge is 2.13. The summed E-state index contributed by atoms with van der Waals surface area (Å²) in [4.78, 5) is 5.72. The molecule has 0 spiro atoms. The fraction of sp³-hybridized carbons (Fsp3) is 0.429. The molecule has 1 heterocycles. The molecule has 17 heavy (non-hydrogen) atoms. The van der Waals surface area contributed by atoms with Crippen molar-refractivity contribution >= 4 is 16.6 Å². The van der Waals surface area contributed by atoms with E-state index in [9.17, 15) is 0 Å². The molecule has 3 heteroatoms. The van der Waals surface area contributed by atoms with Gasteiger partial charge in [0.05, 0.1) is 5.69 Å². The molecule has 0 bridgehead atoms. The van der Waals surface area contributed by atoms with Gasteiger partial charge in [0.2, 0.25) is 0 Å². The van der Waals surface area contributed by atoms with Gasteiger partial charge in [0, 0.05) is 30.2 Å². The molecule has 1 aromatic heterocycles. The first-order chi connectivity index (χ1) is 8.13. The molecule has 0 fully saturated rings. The molecule has 2 aromatic rings. The Labute approximate surface area is 103 Å². The minimum Gasteiger partial charge on any atom is -0.372 e. The number of H-pyrrole nitrogens is 1. The number of aromatic amines is 1. The molecule has 92 valence electrons. The summed E-state index contributed by atoms with van der Waals surface area (Å²) in [6.45, 7) is 6.02. The van der Waals surface area contributed by atoms with Gasteiger partial charge < -0.3 is 15.6 Å². The molecule has 1 atom stereocenters. The molecule has 0 aliphatic heterocycles. The van der Waals surface area contributed by atoms with Crippen molar-refractivity contribution in [1.29, 1.82) is 0 Å². The number of para-hydroxylation sites is 1. The topological polar surface area (TPSA) is 45.0 Å². The Balaban J connectivity index is 2.37. The number of aryl methyl sites for hydroxylation is 1. The van der Waals surface area contributed by atoms with Crippen molar-refractivity contribution in [2.45, 2.75) is 13.8 Å². The van der Waals surface area contributed by atoms with Crippen molar-refractivity contribution in [2.24, 2.45) is 11.7 Å². The molecule has 0 radical (unpaired) electrons. The van der Waals surface area contributed by atoms with E-state index in [1.807, 2.05) is 0 Å². The second-order valence-corrected chi connectivity index (χ2v) is 4.87. The SMILES string of the molecule is Cc1[nH]c2ccccc2c1N(C)CC(C)CN. The Morgan fingerprint density at radius 3 is 2.76 bits per heavy atom. The number of anilines is 1. The summed E-state index contributed by atoms with van der Waals surface area (Å²) in [6, 6.07) is 8.42. The smallest absolute Gasteiger partial charge is 0.0651 e. The third kappa shape index (κ3) is 2.29. The molecule has 0 saturated heterocycles. The van der Waals surface area contributed by atoms with Crippen LogP contribution in [0.2, 0.25) is 0 Å². The summed E-state index contributed by atoms with van der Waals surface area (Å²) in [5.74, 6) is 0.507. The highest BCUT2D eigenvalue weighted by Crippen LogP contribution is 2.30. The van der Waals surface area contributed by atoms with E-state index in [0.29, 0.717) is 5.92 Å². The van der Waals surface area contributed by atoms with Gasteiger partial charge in [-0.25, -0.2) is 0 Å². The van der Waals surface area contributed by atoms with Gasteiger partial charge >= 0.3 is 0 Å². The fourth-order valence-corrected chi connectivity index (χ4v) is 2.39. The first-order valence-corrected chi connectivity index (χ1v) is 6.12. The summed E-state index contributed by atoms with van der Waals surface area (Å²) in [6.07, 6.45) is 0. The quantitative estimate of drug-likeness (QED) is 0.849. The maximum atomic E-state index is 5.69. The van der Waals surface area contributed by atoms with Crippen molar-refractivity contribution < 1.29 is 0 Å². The van der Waals surface area contributed by atoms with E-state index >= 15 is 0 Å². The van der Waals surface area contributed by atoms with Crippen LogP contribution in [0.15, 0.2) is 24.3 Å². The van der Waals surface area contributed by atoms with E-state index in [0.717, 1.165) is 13.1 Å². The Morgan fingerprint density at radius 1 is 1.35 bits per heavy atom. The highest BCUT2D eigenvalue weighted by molar-refractivity contribution is 5.94. The van der Waals surface area contributed by atoms with Crippen LogP contribution < -0.4 is 10.6 Å². The maximum Gasteiger partial charge on any atom is 0.0651 e. The highest BCUT2D eigenvalue weighted by atomic mass is 15.1. The van der Waals surface area contributed by atoms with Gasteiger partial charge in [-0.2, -0.15) is 0 Å². The number of nitrogens with zero attached hydrogens (tertiary/aromatic N) is 1. The van der Waals surface area contributed by atoms with Crippen molar-refractivity contribution in [3.05, 3.63) is 30.0 Å². The van der Waals surface area contributed by atoms with Crippen LogP contribution in [0.3, 0.4) is 0 Å². The van der Waals surface area contributed by atoms with Crippen LogP contribution in [0.4, 0.5) is 5.69 Å². The van der Waals surface area contributed by atoms with E-state index in [1.54, 1.807) is 0 Å². The zero-order valence-corrected chi connectivity index (χ0v) is 10.8. The van der Waals surface area contributed by atoms with Crippen LogP contribution >= 0.6 is 0 Å². The van der Waals surface area contributed by atoms with Crippen LogP contribution in [-0.2, 0) is 0 Å². The predicted octanol–water partition coefficient (Wildman–Crippen LogP) is 2.51. The van der Waals surface area contributed by atoms with E-state index in [2.05, 4.69) is 55.0 Å². The number of rotatable bonds is 4. The molecule has 0 saturated carbocycles. The third-order valence-corrected chi connectivity index (χ3v) is 3.23. The van der Waals surface area contributed by atoms with E-state index < -0.39 is 0 Å². The number of nitrogens with two attached hydrogens (primary N) is 1. The van der Waals surface area contributed by atoms with Gasteiger partial charge in [0.15, 0.2) is 0 Å². The normalized spacial score (nSPS) is 12.9. The zero-order chi connectivity index (χ0) is 12.4. The molecule has 3 N–H and O–H groups in total. The van der Waals surface area contributed by atoms with Crippen LogP contribution in [0, 0.1) is 12.8 Å². The average molecular weight is 231 g/mol. The fourth-order valence-electron chi connectivity index (χ4n) is 2.39. The number of aromatic nitrogens is 1. The minimum absolute atomic E-state index is 0.507. The number of benzene rings is 1. The molecular formula is C14H21N3. The number of nitrogens with one attached hydrogen (secondary N) is 1. The molecule has 0 aliphatic carbocycles. The van der Waals surface area contributed by atoms with Gasteiger partial charge in [-0.05, 0) is 25.5 Å². The summed E-state index contributed by atoms with van der Waals surface area (Å²) >= 11 is 0. The zero-order valence-electron chi connectivity index (χ0n) is 10.8. The van der Waals surface area contributed by atoms with Crippen molar-refractivity contribution in [3.8, 4) is 0 Å². The van der Waals surface area contributed by atoms with Crippen LogP contribution in [0.25, 0.3) is 10.9 Å². The Morgan fingerprint density at radius 2 is 2.06 bits per heavy atom. The Kier molecular flexibility index (Phi) is 3.38. The lowest BCUT2D eigenvalue weighted by molar-refractivity contribution is 0.590. The lowest BCUT2D eigenvalue weighted by Gasteiger charge is -2.23. The number of hydrogen-bond donors (Lipinski definition) is 2. The third-order valence-electron chi connectivity index (χ3n) is 3.23. The van der Waals surface area contributed by atoms with E-state index in [1.165, 1.54) is 22.3 Å².